The van der Waals surface area contributed by atoms with E-state index in [-0.39, 0.29) is 6.04 Å². The summed E-state index contributed by atoms with van der Waals surface area (Å²) in [4.78, 5) is 0. The van der Waals surface area contributed by atoms with E-state index in [0.717, 1.165) is 15.8 Å². The second-order valence-electron chi connectivity index (χ2n) is 4.28. The molecule has 0 bridgehead atoms. The highest BCUT2D eigenvalue weighted by Gasteiger charge is 2.25. The van der Waals surface area contributed by atoms with Crippen molar-refractivity contribution in [2.75, 3.05) is 28.4 Å². The van der Waals surface area contributed by atoms with Crippen molar-refractivity contribution in [3.63, 3.8) is 0 Å². The predicted molar refractivity (Wildman–Crippen MR) is 83.4 cm³/mol. The van der Waals surface area contributed by atoms with E-state index < -0.39 is 0 Å². The number of rotatable bonds is 6. The number of benzene rings is 1. The highest BCUT2D eigenvalue weighted by molar-refractivity contribution is 9.10. The van der Waals surface area contributed by atoms with Crippen LogP contribution in [0.1, 0.15) is 17.4 Å². The molecule has 1 N–H and O–H groups in total. The molecule has 114 valence electrons. The minimum absolute atomic E-state index is 0.177. The van der Waals surface area contributed by atoms with Gasteiger partial charge < -0.3 is 23.9 Å². The Kier molecular flexibility index (Phi) is 5.14. The largest absolute Gasteiger partial charge is 0.493 e. The SMILES string of the molecule is CNC(c1ccc(OC)c(OC)c1OC)c1occc1Br. The smallest absolute Gasteiger partial charge is 0.203 e. The maximum absolute atomic E-state index is 5.56. The van der Waals surface area contributed by atoms with Crippen molar-refractivity contribution in [1.82, 2.24) is 5.32 Å². The van der Waals surface area contributed by atoms with Crippen LogP contribution in [0.4, 0.5) is 0 Å². The van der Waals surface area contributed by atoms with Crippen LogP contribution in [0.5, 0.6) is 17.2 Å². The van der Waals surface area contributed by atoms with Gasteiger partial charge in [-0.15, -0.1) is 0 Å². The molecule has 0 aliphatic carbocycles. The molecule has 0 spiro atoms. The molecular formula is C15H18BrNO4. The lowest BCUT2D eigenvalue weighted by atomic mass is 10.0. The molecular weight excluding hydrogens is 338 g/mol. The van der Waals surface area contributed by atoms with Gasteiger partial charge in [0.25, 0.3) is 0 Å². The summed E-state index contributed by atoms with van der Waals surface area (Å²) < 4.78 is 22.7. The lowest BCUT2D eigenvalue weighted by molar-refractivity contribution is 0.319. The quantitative estimate of drug-likeness (QED) is 0.860. The van der Waals surface area contributed by atoms with Crippen molar-refractivity contribution in [2.24, 2.45) is 0 Å². The van der Waals surface area contributed by atoms with Crippen molar-refractivity contribution in [1.29, 1.82) is 0 Å². The summed E-state index contributed by atoms with van der Waals surface area (Å²) in [6.07, 6.45) is 1.64. The summed E-state index contributed by atoms with van der Waals surface area (Å²) in [5.41, 5.74) is 0.897. The Balaban J connectivity index is 2.59. The summed E-state index contributed by atoms with van der Waals surface area (Å²) in [5.74, 6) is 2.55. The molecule has 2 rings (SSSR count). The van der Waals surface area contributed by atoms with E-state index in [0.29, 0.717) is 17.2 Å². The minimum atomic E-state index is -0.177. The standard InChI is InChI=1S/C15H18BrNO4/c1-17-12(14-10(16)7-8-21-14)9-5-6-11(18-2)15(20-4)13(9)19-3/h5-8,12,17H,1-4H3. The van der Waals surface area contributed by atoms with Gasteiger partial charge >= 0.3 is 0 Å². The zero-order chi connectivity index (χ0) is 15.4. The molecule has 1 aromatic carbocycles. The van der Waals surface area contributed by atoms with Crippen LogP contribution in [-0.2, 0) is 0 Å². The molecule has 21 heavy (non-hydrogen) atoms. The van der Waals surface area contributed by atoms with Gasteiger partial charge in [0.05, 0.1) is 38.1 Å². The molecule has 5 nitrogen and oxygen atoms in total. The van der Waals surface area contributed by atoms with Crippen LogP contribution < -0.4 is 19.5 Å². The van der Waals surface area contributed by atoms with Gasteiger partial charge in [-0.05, 0) is 41.2 Å². The van der Waals surface area contributed by atoms with Gasteiger partial charge in [-0.3, -0.25) is 0 Å². The molecule has 2 aromatic rings. The zero-order valence-electron chi connectivity index (χ0n) is 12.4. The number of hydrogen-bond acceptors (Lipinski definition) is 5. The molecule has 0 amide bonds. The fourth-order valence-electron chi connectivity index (χ4n) is 2.29. The average molecular weight is 356 g/mol. The summed E-state index contributed by atoms with van der Waals surface area (Å²) >= 11 is 3.48. The fourth-order valence-corrected chi connectivity index (χ4v) is 2.72. The van der Waals surface area contributed by atoms with E-state index >= 15 is 0 Å². The summed E-state index contributed by atoms with van der Waals surface area (Å²) in [7, 11) is 6.64. The Hall–Kier alpha value is -1.66. The molecule has 1 atom stereocenters. The Bertz CT molecular complexity index is 612. The van der Waals surface area contributed by atoms with Crippen LogP contribution >= 0.6 is 15.9 Å². The van der Waals surface area contributed by atoms with Gasteiger partial charge in [-0.25, -0.2) is 0 Å². The van der Waals surface area contributed by atoms with Crippen molar-refractivity contribution in [3.8, 4) is 17.2 Å². The highest BCUT2D eigenvalue weighted by atomic mass is 79.9. The van der Waals surface area contributed by atoms with Crippen LogP contribution in [0, 0.1) is 0 Å². The first kappa shape index (κ1) is 15.7. The predicted octanol–water partition coefficient (Wildman–Crippen LogP) is 3.38. The zero-order valence-corrected chi connectivity index (χ0v) is 14.0. The molecule has 0 saturated carbocycles. The average Bonchev–Trinajstić information content (AvgIpc) is 2.93. The van der Waals surface area contributed by atoms with Gasteiger partial charge in [0.2, 0.25) is 5.75 Å². The Labute approximate surface area is 132 Å². The van der Waals surface area contributed by atoms with E-state index in [9.17, 15) is 0 Å². The monoisotopic (exact) mass is 355 g/mol. The lowest BCUT2D eigenvalue weighted by Crippen LogP contribution is -2.18. The first-order chi connectivity index (χ1) is 10.2. The van der Waals surface area contributed by atoms with Gasteiger partial charge in [0.1, 0.15) is 5.76 Å². The molecule has 0 aliphatic rings. The third-order valence-corrected chi connectivity index (χ3v) is 3.90. The van der Waals surface area contributed by atoms with Crippen LogP contribution in [0.15, 0.2) is 33.4 Å². The molecule has 0 aliphatic heterocycles. The molecule has 0 radical (unpaired) electrons. The molecule has 1 unspecified atom stereocenters. The van der Waals surface area contributed by atoms with Crippen LogP contribution in [0.3, 0.4) is 0 Å². The Morgan fingerprint density at radius 2 is 1.76 bits per heavy atom. The van der Waals surface area contributed by atoms with Gasteiger partial charge in [0, 0.05) is 5.56 Å². The molecule has 0 saturated heterocycles. The third kappa shape index (κ3) is 2.87. The normalized spacial score (nSPS) is 12.0. The number of furan rings is 1. The lowest BCUT2D eigenvalue weighted by Gasteiger charge is -2.21. The third-order valence-electron chi connectivity index (χ3n) is 3.24. The van der Waals surface area contributed by atoms with E-state index in [1.165, 1.54) is 0 Å². The van der Waals surface area contributed by atoms with Crippen molar-refractivity contribution in [3.05, 3.63) is 40.3 Å². The highest BCUT2D eigenvalue weighted by Crippen LogP contribution is 2.44. The molecule has 1 aromatic heterocycles. The van der Waals surface area contributed by atoms with E-state index in [2.05, 4.69) is 21.2 Å². The molecule has 0 fully saturated rings. The first-order valence-electron chi connectivity index (χ1n) is 6.36. The minimum Gasteiger partial charge on any atom is -0.493 e. The van der Waals surface area contributed by atoms with E-state index in [1.807, 2.05) is 25.2 Å². The van der Waals surface area contributed by atoms with Gasteiger partial charge in [-0.2, -0.15) is 0 Å². The second-order valence-corrected chi connectivity index (χ2v) is 5.13. The van der Waals surface area contributed by atoms with Crippen LogP contribution in [0.25, 0.3) is 0 Å². The number of nitrogens with one attached hydrogen (secondary N) is 1. The maximum atomic E-state index is 5.56. The van der Waals surface area contributed by atoms with E-state index in [4.69, 9.17) is 18.6 Å². The number of halogens is 1. The van der Waals surface area contributed by atoms with Gasteiger partial charge in [0.15, 0.2) is 11.5 Å². The maximum Gasteiger partial charge on any atom is 0.203 e. The summed E-state index contributed by atoms with van der Waals surface area (Å²) in [5, 5.41) is 3.22. The van der Waals surface area contributed by atoms with Gasteiger partial charge in [-0.1, -0.05) is 0 Å². The second kappa shape index (κ2) is 6.87. The van der Waals surface area contributed by atoms with E-state index in [1.54, 1.807) is 27.6 Å². The Morgan fingerprint density at radius 3 is 2.24 bits per heavy atom. The number of hydrogen-bond donors (Lipinski definition) is 1. The van der Waals surface area contributed by atoms with Crippen LogP contribution in [0.2, 0.25) is 0 Å². The Morgan fingerprint density at radius 1 is 1.05 bits per heavy atom. The molecule has 1 heterocycles. The van der Waals surface area contributed by atoms with Crippen molar-refractivity contribution in [2.45, 2.75) is 6.04 Å². The fraction of sp³-hybridized carbons (Fsp3) is 0.333. The molecule has 6 heteroatoms. The first-order valence-corrected chi connectivity index (χ1v) is 7.16. The summed E-state index contributed by atoms with van der Waals surface area (Å²) in [6, 6.07) is 5.45. The van der Waals surface area contributed by atoms with Crippen molar-refractivity contribution >= 4 is 15.9 Å². The van der Waals surface area contributed by atoms with Crippen molar-refractivity contribution < 1.29 is 18.6 Å². The topological polar surface area (TPSA) is 52.9 Å². The summed E-state index contributed by atoms with van der Waals surface area (Å²) in [6.45, 7) is 0. The number of methoxy groups -OCH3 is 3. The van der Waals surface area contributed by atoms with Crippen LogP contribution in [-0.4, -0.2) is 28.4 Å². The number of ether oxygens (including phenoxy) is 3.